The van der Waals surface area contributed by atoms with E-state index in [1.807, 2.05) is 0 Å². The third-order valence-electron chi connectivity index (χ3n) is 1.72. The zero-order valence-corrected chi connectivity index (χ0v) is 8.56. The summed E-state index contributed by atoms with van der Waals surface area (Å²) >= 11 is 3.16. The van der Waals surface area contributed by atoms with Gasteiger partial charge in [0, 0.05) is 16.6 Å². The SMILES string of the molecule is CCCCC1=CC(=O)OC1=CBr. The molecule has 1 aliphatic heterocycles. The van der Waals surface area contributed by atoms with Crippen LogP contribution >= 0.6 is 15.9 Å². The first kappa shape index (κ1) is 9.52. The number of hydrogen-bond acceptors (Lipinski definition) is 2. The predicted octanol–water partition coefficient (Wildman–Crippen LogP) is 2.90. The quantitative estimate of drug-likeness (QED) is 0.698. The van der Waals surface area contributed by atoms with Crippen molar-refractivity contribution in [1.29, 1.82) is 0 Å². The molecule has 0 aliphatic carbocycles. The molecular weight excluding hydrogens is 220 g/mol. The van der Waals surface area contributed by atoms with Crippen LogP contribution in [0.1, 0.15) is 26.2 Å². The summed E-state index contributed by atoms with van der Waals surface area (Å²) in [6.07, 6.45) is 4.69. The Kier molecular flexibility index (Phi) is 3.53. The van der Waals surface area contributed by atoms with Crippen molar-refractivity contribution in [2.75, 3.05) is 0 Å². The minimum Gasteiger partial charge on any atom is -0.423 e. The van der Waals surface area contributed by atoms with Crippen LogP contribution < -0.4 is 0 Å². The van der Waals surface area contributed by atoms with E-state index in [1.54, 1.807) is 11.1 Å². The largest absolute Gasteiger partial charge is 0.423 e. The minimum atomic E-state index is -0.258. The average Bonchev–Trinajstić information content (AvgIpc) is 2.42. The fourth-order valence-corrected chi connectivity index (χ4v) is 1.46. The third-order valence-corrected chi connectivity index (χ3v) is 2.13. The van der Waals surface area contributed by atoms with Gasteiger partial charge in [-0.25, -0.2) is 4.79 Å². The Hall–Kier alpha value is -0.570. The number of esters is 1. The lowest BCUT2D eigenvalue weighted by molar-refractivity contribution is -0.132. The topological polar surface area (TPSA) is 26.3 Å². The molecule has 0 saturated carbocycles. The van der Waals surface area contributed by atoms with Crippen LogP contribution in [0, 0.1) is 0 Å². The highest BCUT2D eigenvalue weighted by molar-refractivity contribution is 9.11. The maximum atomic E-state index is 10.8. The molecule has 0 radical (unpaired) electrons. The fourth-order valence-electron chi connectivity index (χ4n) is 1.07. The number of halogens is 1. The Bertz CT molecular complexity index is 241. The lowest BCUT2D eigenvalue weighted by atomic mass is 10.1. The summed E-state index contributed by atoms with van der Waals surface area (Å²) in [7, 11) is 0. The molecular formula is C9H11BrO2. The van der Waals surface area contributed by atoms with Crippen molar-refractivity contribution < 1.29 is 9.53 Å². The molecule has 0 aromatic heterocycles. The molecule has 0 amide bonds. The van der Waals surface area contributed by atoms with Gasteiger partial charge in [-0.05, 0) is 12.8 Å². The number of carbonyl (C=O) groups is 1. The van der Waals surface area contributed by atoms with Gasteiger partial charge in [0.05, 0.1) is 0 Å². The summed E-state index contributed by atoms with van der Waals surface area (Å²) in [6.45, 7) is 2.12. The lowest BCUT2D eigenvalue weighted by Gasteiger charge is -2.00. The van der Waals surface area contributed by atoms with Gasteiger partial charge in [0.2, 0.25) is 0 Å². The molecule has 0 bridgehead atoms. The maximum Gasteiger partial charge on any atom is 0.336 e. The molecule has 1 rings (SSSR count). The second-order valence-corrected chi connectivity index (χ2v) is 3.13. The number of unbranched alkanes of at least 4 members (excludes halogenated alkanes) is 1. The van der Waals surface area contributed by atoms with Crippen LogP contribution in [0.2, 0.25) is 0 Å². The smallest absolute Gasteiger partial charge is 0.336 e. The van der Waals surface area contributed by atoms with Crippen LogP contribution in [0.4, 0.5) is 0 Å². The highest BCUT2D eigenvalue weighted by Gasteiger charge is 2.18. The van der Waals surface area contributed by atoms with E-state index in [0.29, 0.717) is 5.76 Å². The molecule has 0 N–H and O–H groups in total. The molecule has 0 aromatic carbocycles. The van der Waals surface area contributed by atoms with Crippen molar-refractivity contribution in [2.24, 2.45) is 0 Å². The van der Waals surface area contributed by atoms with E-state index in [-0.39, 0.29) is 5.97 Å². The van der Waals surface area contributed by atoms with Gasteiger partial charge in [-0.2, -0.15) is 0 Å². The molecule has 0 aromatic rings. The van der Waals surface area contributed by atoms with Gasteiger partial charge in [-0.3, -0.25) is 0 Å². The Morgan fingerprint density at radius 1 is 1.67 bits per heavy atom. The molecule has 0 fully saturated rings. The number of allylic oxidation sites excluding steroid dienone is 1. The molecule has 3 heteroatoms. The number of hydrogen-bond donors (Lipinski definition) is 0. The van der Waals surface area contributed by atoms with E-state index < -0.39 is 0 Å². The lowest BCUT2D eigenvalue weighted by Crippen LogP contribution is -1.90. The van der Waals surface area contributed by atoms with Crippen LogP contribution in [0.3, 0.4) is 0 Å². The van der Waals surface area contributed by atoms with Gasteiger partial charge in [0.25, 0.3) is 0 Å². The first-order valence-electron chi connectivity index (χ1n) is 4.01. The van der Waals surface area contributed by atoms with Gasteiger partial charge in [-0.15, -0.1) is 0 Å². The molecule has 0 atom stereocenters. The van der Waals surface area contributed by atoms with Gasteiger partial charge in [-0.1, -0.05) is 29.3 Å². The van der Waals surface area contributed by atoms with Gasteiger partial charge in [0.1, 0.15) is 5.76 Å². The average molecular weight is 231 g/mol. The summed E-state index contributed by atoms with van der Waals surface area (Å²) in [6, 6.07) is 0. The Balaban J connectivity index is 2.61. The van der Waals surface area contributed by atoms with E-state index >= 15 is 0 Å². The number of rotatable bonds is 3. The van der Waals surface area contributed by atoms with Crippen LogP contribution in [0.5, 0.6) is 0 Å². The maximum absolute atomic E-state index is 10.8. The van der Waals surface area contributed by atoms with Crippen molar-refractivity contribution in [1.82, 2.24) is 0 Å². The summed E-state index contributed by atoms with van der Waals surface area (Å²) < 4.78 is 4.90. The second kappa shape index (κ2) is 4.45. The molecule has 66 valence electrons. The number of cyclic esters (lactones) is 1. The third kappa shape index (κ3) is 2.21. The Labute approximate surface area is 80.4 Å². The highest BCUT2D eigenvalue weighted by atomic mass is 79.9. The zero-order valence-electron chi connectivity index (χ0n) is 6.97. The molecule has 0 spiro atoms. The molecule has 1 heterocycles. The van der Waals surface area contributed by atoms with Crippen molar-refractivity contribution in [2.45, 2.75) is 26.2 Å². The summed E-state index contributed by atoms with van der Waals surface area (Å²) in [5.74, 6) is 0.403. The first-order valence-corrected chi connectivity index (χ1v) is 4.92. The van der Waals surface area contributed by atoms with E-state index in [0.717, 1.165) is 24.8 Å². The molecule has 0 unspecified atom stereocenters. The monoisotopic (exact) mass is 230 g/mol. The van der Waals surface area contributed by atoms with E-state index in [4.69, 9.17) is 4.74 Å². The molecule has 12 heavy (non-hydrogen) atoms. The first-order chi connectivity index (χ1) is 5.77. The van der Waals surface area contributed by atoms with Gasteiger partial charge in [0.15, 0.2) is 0 Å². The summed E-state index contributed by atoms with van der Waals surface area (Å²) in [5.41, 5.74) is 0.999. The standard InChI is InChI=1S/C9H11BrO2/c1-2-3-4-7-5-9(11)12-8(7)6-10/h5-6H,2-4H2,1H3. The predicted molar refractivity (Wildman–Crippen MR) is 50.7 cm³/mol. The summed E-state index contributed by atoms with van der Waals surface area (Å²) in [4.78, 5) is 12.5. The van der Waals surface area contributed by atoms with E-state index in [9.17, 15) is 4.79 Å². The normalized spacial score (nSPS) is 19.7. The number of ether oxygens (including phenoxy) is 1. The van der Waals surface area contributed by atoms with Crippen LogP contribution in [0.25, 0.3) is 0 Å². The molecule has 1 aliphatic rings. The van der Waals surface area contributed by atoms with Gasteiger partial charge < -0.3 is 4.74 Å². The van der Waals surface area contributed by atoms with E-state index in [2.05, 4.69) is 22.9 Å². The van der Waals surface area contributed by atoms with E-state index in [1.165, 1.54) is 0 Å². The van der Waals surface area contributed by atoms with Crippen molar-refractivity contribution >= 4 is 21.9 Å². The minimum absolute atomic E-state index is 0.258. The van der Waals surface area contributed by atoms with Crippen molar-refractivity contribution in [3.8, 4) is 0 Å². The van der Waals surface area contributed by atoms with Crippen LogP contribution in [-0.2, 0) is 9.53 Å². The van der Waals surface area contributed by atoms with Gasteiger partial charge >= 0.3 is 5.97 Å². The second-order valence-electron chi connectivity index (χ2n) is 2.67. The van der Waals surface area contributed by atoms with Crippen LogP contribution in [-0.4, -0.2) is 5.97 Å². The Morgan fingerprint density at radius 3 is 3.00 bits per heavy atom. The molecule has 0 saturated heterocycles. The summed E-state index contributed by atoms with van der Waals surface area (Å²) in [5, 5.41) is 0. The fraction of sp³-hybridized carbons (Fsp3) is 0.444. The molecule has 2 nitrogen and oxygen atoms in total. The van der Waals surface area contributed by atoms with Crippen molar-refractivity contribution in [3.63, 3.8) is 0 Å². The van der Waals surface area contributed by atoms with Crippen LogP contribution in [0.15, 0.2) is 22.4 Å². The highest BCUT2D eigenvalue weighted by Crippen LogP contribution is 2.25. The van der Waals surface area contributed by atoms with Crippen molar-refractivity contribution in [3.05, 3.63) is 22.4 Å². The number of carbonyl (C=O) groups excluding carboxylic acids is 1. The Morgan fingerprint density at radius 2 is 2.42 bits per heavy atom. The zero-order chi connectivity index (χ0) is 8.97.